The predicted molar refractivity (Wildman–Crippen MR) is 79.0 cm³/mol. The van der Waals surface area contributed by atoms with Gasteiger partial charge in [-0.2, -0.15) is 0 Å². The van der Waals surface area contributed by atoms with Crippen LogP contribution in [0.4, 0.5) is 0 Å². The summed E-state index contributed by atoms with van der Waals surface area (Å²) in [5, 5.41) is 2.93. The van der Waals surface area contributed by atoms with Crippen molar-refractivity contribution in [3.8, 4) is 0 Å². The molecule has 0 aromatic carbocycles. The highest BCUT2D eigenvalue weighted by Crippen LogP contribution is 2.28. The van der Waals surface area contributed by atoms with Gasteiger partial charge in [-0.25, -0.2) is 0 Å². The van der Waals surface area contributed by atoms with E-state index in [-0.39, 0.29) is 24.4 Å². The highest BCUT2D eigenvalue weighted by atomic mass is 35.5. The van der Waals surface area contributed by atoms with Crippen LogP contribution in [0.1, 0.15) is 64.7 Å². The quantitative estimate of drug-likeness (QED) is 0.670. The Morgan fingerprint density at radius 1 is 1.33 bits per heavy atom. The number of rotatable bonds is 8. The van der Waals surface area contributed by atoms with Crippen LogP contribution >= 0.6 is 12.4 Å². The molecule has 1 rings (SSSR count). The summed E-state index contributed by atoms with van der Waals surface area (Å²) in [5.41, 5.74) is 5.73. The van der Waals surface area contributed by atoms with Crippen molar-refractivity contribution in [2.24, 2.45) is 11.7 Å². The molecule has 1 saturated carbocycles. The number of amides is 1. The molecule has 1 aliphatic carbocycles. The first-order valence-electron chi connectivity index (χ1n) is 7.27. The maximum atomic E-state index is 11.5. The van der Waals surface area contributed by atoms with Crippen molar-refractivity contribution < 1.29 is 4.79 Å². The molecule has 0 aromatic rings. The van der Waals surface area contributed by atoms with Gasteiger partial charge >= 0.3 is 0 Å². The minimum Gasteiger partial charge on any atom is -0.355 e. The summed E-state index contributed by atoms with van der Waals surface area (Å²) in [5.74, 6) is 0.987. The van der Waals surface area contributed by atoms with Gasteiger partial charge in [-0.15, -0.1) is 12.4 Å². The van der Waals surface area contributed by atoms with Crippen LogP contribution in [0.15, 0.2) is 0 Å². The summed E-state index contributed by atoms with van der Waals surface area (Å²) < 4.78 is 0. The molecule has 3 nitrogen and oxygen atoms in total. The fourth-order valence-electron chi connectivity index (χ4n) is 2.64. The molecule has 0 saturated heterocycles. The maximum Gasteiger partial charge on any atom is 0.236 e. The Kier molecular flexibility index (Phi) is 10.5. The van der Waals surface area contributed by atoms with Crippen molar-refractivity contribution in [3.63, 3.8) is 0 Å². The Labute approximate surface area is 118 Å². The summed E-state index contributed by atoms with van der Waals surface area (Å²) in [7, 11) is 0. The first-order valence-corrected chi connectivity index (χ1v) is 7.27. The molecule has 4 heteroatoms. The lowest BCUT2D eigenvalue weighted by molar-refractivity contribution is -0.122. The third-order valence-electron chi connectivity index (χ3n) is 3.75. The first kappa shape index (κ1) is 17.7. The van der Waals surface area contributed by atoms with Crippen molar-refractivity contribution in [2.45, 2.75) is 70.8 Å². The van der Waals surface area contributed by atoms with Gasteiger partial charge in [-0.1, -0.05) is 51.9 Å². The van der Waals surface area contributed by atoms with E-state index >= 15 is 0 Å². The average molecular weight is 277 g/mol. The van der Waals surface area contributed by atoms with Crippen LogP contribution in [-0.2, 0) is 4.79 Å². The zero-order valence-corrected chi connectivity index (χ0v) is 12.4. The zero-order valence-electron chi connectivity index (χ0n) is 11.6. The molecule has 0 spiro atoms. The molecular weight excluding hydrogens is 248 g/mol. The topological polar surface area (TPSA) is 55.1 Å². The highest BCUT2D eigenvalue weighted by Gasteiger charge is 2.14. The molecule has 0 aromatic heterocycles. The second-order valence-corrected chi connectivity index (χ2v) is 5.33. The summed E-state index contributed by atoms with van der Waals surface area (Å²) in [6.07, 6.45) is 11.1. The molecule has 0 bridgehead atoms. The van der Waals surface area contributed by atoms with Crippen LogP contribution in [-0.4, -0.2) is 18.5 Å². The second kappa shape index (κ2) is 10.6. The van der Waals surface area contributed by atoms with Gasteiger partial charge in [-0.3, -0.25) is 4.79 Å². The van der Waals surface area contributed by atoms with E-state index in [9.17, 15) is 4.79 Å². The van der Waals surface area contributed by atoms with Gasteiger partial charge in [0.05, 0.1) is 6.04 Å². The van der Waals surface area contributed by atoms with Gasteiger partial charge in [0.1, 0.15) is 0 Å². The Bertz CT molecular complexity index is 218. The number of hydrogen-bond acceptors (Lipinski definition) is 2. The Hall–Kier alpha value is -0.280. The average Bonchev–Trinajstić information content (AvgIpc) is 2.81. The zero-order chi connectivity index (χ0) is 12.5. The summed E-state index contributed by atoms with van der Waals surface area (Å²) >= 11 is 0. The van der Waals surface area contributed by atoms with Gasteiger partial charge in [0.25, 0.3) is 0 Å². The molecule has 3 N–H and O–H groups in total. The van der Waals surface area contributed by atoms with Crippen molar-refractivity contribution >= 4 is 18.3 Å². The van der Waals surface area contributed by atoms with Crippen LogP contribution in [0, 0.1) is 5.92 Å². The van der Waals surface area contributed by atoms with E-state index in [2.05, 4.69) is 12.2 Å². The van der Waals surface area contributed by atoms with E-state index in [0.29, 0.717) is 0 Å². The van der Waals surface area contributed by atoms with E-state index in [4.69, 9.17) is 5.73 Å². The standard InChI is InChI=1S/C14H28N2O.ClH/c1-2-7-13(15)14(17)16-11-6-5-10-12-8-3-4-9-12;/h12-13H,2-11,15H2,1H3,(H,16,17);1H. The largest absolute Gasteiger partial charge is 0.355 e. The Morgan fingerprint density at radius 3 is 2.61 bits per heavy atom. The number of nitrogens with two attached hydrogens (primary N) is 1. The van der Waals surface area contributed by atoms with Crippen LogP contribution in [0.3, 0.4) is 0 Å². The lowest BCUT2D eigenvalue weighted by Gasteiger charge is -2.12. The molecule has 108 valence electrons. The van der Waals surface area contributed by atoms with Gasteiger partial charge < -0.3 is 11.1 Å². The van der Waals surface area contributed by atoms with Crippen LogP contribution in [0.2, 0.25) is 0 Å². The van der Waals surface area contributed by atoms with Crippen LogP contribution in [0.25, 0.3) is 0 Å². The van der Waals surface area contributed by atoms with Gasteiger partial charge in [0, 0.05) is 6.54 Å². The van der Waals surface area contributed by atoms with E-state index in [1.165, 1.54) is 38.5 Å². The molecule has 0 heterocycles. The van der Waals surface area contributed by atoms with Gasteiger partial charge in [0.2, 0.25) is 5.91 Å². The van der Waals surface area contributed by atoms with E-state index in [1.807, 2.05) is 0 Å². The highest BCUT2D eigenvalue weighted by molar-refractivity contribution is 5.85. The number of nitrogens with one attached hydrogen (secondary N) is 1. The number of hydrogen-bond donors (Lipinski definition) is 2. The number of carbonyl (C=O) groups excluding carboxylic acids is 1. The molecule has 1 unspecified atom stereocenters. The Morgan fingerprint density at radius 2 is 2.00 bits per heavy atom. The fourth-order valence-corrected chi connectivity index (χ4v) is 2.64. The third-order valence-corrected chi connectivity index (χ3v) is 3.75. The maximum absolute atomic E-state index is 11.5. The summed E-state index contributed by atoms with van der Waals surface area (Å²) in [6.45, 7) is 2.84. The lowest BCUT2D eigenvalue weighted by atomic mass is 10.0. The molecule has 1 fully saturated rings. The third kappa shape index (κ3) is 7.22. The van der Waals surface area contributed by atoms with Crippen molar-refractivity contribution in [3.05, 3.63) is 0 Å². The number of halogens is 1. The van der Waals surface area contributed by atoms with Crippen molar-refractivity contribution in [1.82, 2.24) is 5.32 Å². The lowest BCUT2D eigenvalue weighted by Crippen LogP contribution is -2.40. The minimum atomic E-state index is -0.310. The van der Waals surface area contributed by atoms with Crippen molar-refractivity contribution in [1.29, 1.82) is 0 Å². The molecule has 0 radical (unpaired) electrons. The van der Waals surface area contributed by atoms with Crippen molar-refractivity contribution in [2.75, 3.05) is 6.54 Å². The van der Waals surface area contributed by atoms with Gasteiger partial charge in [0.15, 0.2) is 0 Å². The number of carbonyl (C=O) groups is 1. The second-order valence-electron chi connectivity index (χ2n) is 5.33. The number of unbranched alkanes of at least 4 members (excludes halogenated alkanes) is 1. The molecule has 1 amide bonds. The van der Waals surface area contributed by atoms with Crippen LogP contribution < -0.4 is 11.1 Å². The van der Waals surface area contributed by atoms with Gasteiger partial charge in [-0.05, 0) is 18.8 Å². The Balaban J connectivity index is 0.00000289. The fraction of sp³-hybridized carbons (Fsp3) is 0.929. The van der Waals surface area contributed by atoms with Crippen LogP contribution in [0.5, 0.6) is 0 Å². The van der Waals surface area contributed by atoms with E-state index in [0.717, 1.165) is 31.7 Å². The summed E-state index contributed by atoms with van der Waals surface area (Å²) in [6, 6.07) is -0.310. The predicted octanol–water partition coefficient (Wildman–Crippen LogP) is 3.01. The minimum absolute atomic E-state index is 0. The molecule has 1 atom stereocenters. The molecule has 0 aliphatic heterocycles. The first-order chi connectivity index (χ1) is 8.24. The van der Waals surface area contributed by atoms with E-state index in [1.54, 1.807) is 0 Å². The molecule has 1 aliphatic rings. The molecular formula is C14H29ClN2O. The van der Waals surface area contributed by atoms with E-state index < -0.39 is 0 Å². The SMILES string of the molecule is CCCC(N)C(=O)NCCCCC1CCCC1.Cl. The summed E-state index contributed by atoms with van der Waals surface area (Å²) in [4.78, 5) is 11.5. The normalized spacial score (nSPS) is 17.2. The molecule has 18 heavy (non-hydrogen) atoms. The monoisotopic (exact) mass is 276 g/mol. The smallest absolute Gasteiger partial charge is 0.236 e.